The van der Waals surface area contributed by atoms with Gasteiger partial charge in [0.15, 0.2) is 0 Å². The van der Waals surface area contributed by atoms with Gasteiger partial charge in [0.25, 0.3) is 0 Å². The molecule has 0 spiro atoms. The second kappa shape index (κ2) is 8.71. The highest BCUT2D eigenvalue weighted by molar-refractivity contribution is 5.97. The molecule has 0 aliphatic carbocycles. The third kappa shape index (κ3) is 4.98. The van der Waals surface area contributed by atoms with Gasteiger partial charge in [-0.2, -0.15) is 0 Å². The molecule has 138 valence electrons. The highest BCUT2D eigenvalue weighted by atomic mass is 16.5. The lowest BCUT2D eigenvalue weighted by molar-refractivity contribution is -0.114. The van der Waals surface area contributed by atoms with Crippen molar-refractivity contribution in [3.8, 4) is 5.75 Å². The van der Waals surface area contributed by atoms with Crippen molar-refractivity contribution in [2.45, 2.75) is 6.92 Å². The molecule has 0 aliphatic heterocycles. The van der Waals surface area contributed by atoms with Gasteiger partial charge in [-0.3, -0.25) is 9.78 Å². The van der Waals surface area contributed by atoms with Gasteiger partial charge in [0.05, 0.1) is 25.0 Å². The first-order valence-corrected chi connectivity index (χ1v) is 8.60. The fraction of sp³-hybridized carbons (Fsp3) is 0.143. The minimum Gasteiger partial charge on any atom is -0.497 e. The maximum atomic E-state index is 12.4. The van der Waals surface area contributed by atoms with Crippen LogP contribution in [0.2, 0.25) is 0 Å². The van der Waals surface area contributed by atoms with Gasteiger partial charge in [-0.25, -0.2) is 0 Å². The van der Waals surface area contributed by atoms with E-state index in [9.17, 15) is 4.79 Å². The minimum atomic E-state index is -0.129. The molecule has 1 amide bonds. The Morgan fingerprint density at radius 2 is 1.74 bits per heavy atom. The Labute approximate surface area is 158 Å². The average molecular weight is 362 g/mol. The van der Waals surface area contributed by atoms with Crippen LogP contribution in [-0.2, 0) is 4.79 Å². The molecule has 0 saturated heterocycles. The van der Waals surface area contributed by atoms with Crippen molar-refractivity contribution in [1.82, 2.24) is 4.98 Å². The van der Waals surface area contributed by atoms with Gasteiger partial charge in [-0.1, -0.05) is 12.1 Å². The maximum Gasteiger partial charge on any atom is 0.243 e. The quantitative estimate of drug-likeness (QED) is 0.587. The lowest BCUT2D eigenvalue weighted by Gasteiger charge is -2.16. The van der Waals surface area contributed by atoms with E-state index in [-0.39, 0.29) is 12.5 Å². The molecule has 2 aromatic carbocycles. The van der Waals surface area contributed by atoms with Gasteiger partial charge in [-0.05, 0) is 55.0 Å². The van der Waals surface area contributed by atoms with Crippen LogP contribution in [0.1, 0.15) is 5.56 Å². The fourth-order valence-electron chi connectivity index (χ4n) is 2.60. The summed E-state index contributed by atoms with van der Waals surface area (Å²) in [4.78, 5) is 16.3. The molecule has 3 rings (SSSR count). The number of carbonyl (C=O) groups is 1. The zero-order valence-electron chi connectivity index (χ0n) is 15.3. The predicted molar refractivity (Wildman–Crippen MR) is 109 cm³/mol. The van der Waals surface area contributed by atoms with Crippen molar-refractivity contribution in [3.63, 3.8) is 0 Å². The van der Waals surface area contributed by atoms with Crippen LogP contribution in [0.4, 0.5) is 22.7 Å². The molecule has 27 heavy (non-hydrogen) atoms. The standard InChI is InChI=1S/C21H22N4O2/c1-15-4-3-5-19(21(15)24-17-6-8-18(27-2)9-7-17)25-20(26)14-23-16-10-12-22-13-11-16/h3-13,24H,14H2,1-2H3,(H,22,23)(H,25,26). The first-order valence-electron chi connectivity index (χ1n) is 8.60. The molecule has 6 heteroatoms. The molecular weight excluding hydrogens is 340 g/mol. The van der Waals surface area contributed by atoms with E-state index in [1.54, 1.807) is 19.5 Å². The van der Waals surface area contributed by atoms with Crippen molar-refractivity contribution in [2.24, 2.45) is 0 Å². The van der Waals surface area contributed by atoms with Gasteiger partial charge in [0.1, 0.15) is 5.75 Å². The van der Waals surface area contributed by atoms with Crippen molar-refractivity contribution < 1.29 is 9.53 Å². The molecule has 0 saturated carbocycles. The fourth-order valence-corrected chi connectivity index (χ4v) is 2.60. The molecular formula is C21H22N4O2. The third-order valence-corrected chi connectivity index (χ3v) is 4.04. The summed E-state index contributed by atoms with van der Waals surface area (Å²) in [5.74, 6) is 0.663. The molecule has 0 unspecified atom stereocenters. The van der Waals surface area contributed by atoms with E-state index < -0.39 is 0 Å². The monoisotopic (exact) mass is 362 g/mol. The summed E-state index contributed by atoms with van der Waals surface area (Å²) in [5.41, 5.74) is 4.38. The first-order chi connectivity index (χ1) is 13.2. The first kappa shape index (κ1) is 18.3. The molecule has 0 aliphatic rings. The van der Waals surface area contributed by atoms with Gasteiger partial charge < -0.3 is 20.7 Å². The van der Waals surface area contributed by atoms with Crippen LogP contribution in [0.15, 0.2) is 67.0 Å². The number of hydrogen-bond acceptors (Lipinski definition) is 5. The van der Waals surface area contributed by atoms with Crippen LogP contribution in [0.3, 0.4) is 0 Å². The highest BCUT2D eigenvalue weighted by Gasteiger charge is 2.10. The summed E-state index contributed by atoms with van der Waals surface area (Å²) in [6, 6.07) is 17.1. The van der Waals surface area contributed by atoms with E-state index >= 15 is 0 Å². The van der Waals surface area contributed by atoms with E-state index in [4.69, 9.17) is 4.74 Å². The number of aryl methyl sites for hydroxylation is 1. The number of para-hydroxylation sites is 1. The molecule has 3 aromatic rings. The lowest BCUT2D eigenvalue weighted by atomic mass is 10.1. The second-order valence-electron chi connectivity index (χ2n) is 5.99. The Balaban J connectivity index is 1.69. The van der Waals surface area contributed by atoms with Crippen molar-refractivity contribution in [2.75, 3.05) is 29.6 Å². The Kier molecular flexibility index (Phi) is 5.89. The SMILES string of the molecule is COc1ccc(Nc2c(C)cccc2NC(=O)CNc2ccncc2)cc1. The number of nitrogens with one attached hydrogen (secondary N) is 3. The molecule has 1 heterocycles. The predicted octanol–water partition coefficient (Wildman–Crippen LogP) is 4.19. The summed E-state index contributed by atoms with van der Waals surface area (Å²) >= 11 is 0. The number of carbonyl (C=O) groups excluding carboxylic acids is 1. The molecule has 6 nitrogen and oxygen atoms in total. The number of benzene rings is 2. The van der Waals surface area contributed by atoms with Crippen LogP contribution in [0.5, 0.6) is 5.75 Å². The number of rotatable bonds is 7. The number of hydrogen-bond donors (Lipinski definition) is 3. The van der Waals surface area contributed by atoms with Crippen LogP contribution >= 0.6 is 0 Å². The van der Waals surface area contributed by atoms with Crippen LogP contribution in [-0.4, -0.2) is 24.5 Å². The van der Waals surface area contributed by atoms with E-state index in [2.05, 4.69) is 20.9 Å². The zero-order valence-corrected chi connectivity index (χ0v) is 15.3. The van der Waals surface area contributed by atoms with Crippen LogP contribution < -0.4 is 20.7 Å². The summed E-state index contributed by atoms with van der Waals surface area (Å²) in [6.45, 7) is 2.16. The molecule has 0 bridgehead atoms. The van der Waals surface area contributed by atoms with Gasteiger partial charge in [-0.15, -0.1) is 0 Å². The molecule has 0 fully saturated rings. The zero-order chi connectivity index (χ0) is 19.1. The number of ether oxygens (including phenoxy) is 1. The Bertz CT molecular complexity index is 896. The van der Waals surface area contributed by atoms with Gasteiger partial charge in [0.2, 0.25) is 5.91 Å². The Morgan fingerprint density at radius 3 is 2.44 bits per heavy atom. The largest absolute Gasteiger partial charge is 0.497 e. The van der Waals surface area contributed by atoms with Crippen LogP contribution in [0.25, 0.3) is 0 Å². The summed E-state index contributed by atoms with van der Waals surface area (Å²) in [6.07, 6.45) is 3.36. The van der Waals surface area contributed by atoms with Gasteiger partial charge in [0, 0.05) is 23.8 Å². The summed E-state index contributed by atoms with van der Waals surface area (Å²) < 4.78 is 5.19. The van der Waals surface area contributed by atoms with E-state index in [0.29, 0.717) is 0 Å². The highest BCUT2D eigenvalue weighted by Crippen LogP contribution is 2.29. The van der Waals surface area contributed by atoms with Crippen molar-refractivity contribution in [3.05, 3.63) is 72.6 Å². The topological polar surface area (TPSA) is 75.3 Å². The Morgan fingerprint density at radius 1 is 1.00 bits per heavy atom. The second-order valence-corrected chi connectivity index (χ2v) is 5.99. The smallest absolute Gasteiger partial charge is 0.243 e. The number of anilines is 4. The van der Waals surface area contributed by atoms with Crippen LogP contribution in [0, 0.1) is 6.92 Å². The molecule has 3 N–H and O–H groups in total. The molecule has 1 aromatic heterocycles. The van der Waals surface area contributed by atoms with E-state index in [1.165, 1.54) is 0 Å². The molecule has 0 radical (unpaired) electrons. The lowest BCUT2D eigenvalue weighted by Crippen LogP contribution is -2.22. The average Bonchev–Trinajstić information content (AvgIpc) is 2.70. The van der Waals surface area contributed by atoms with Gasteiger partial charge >= 0.3 is 0 Å². The van der Waals surface area contributed by atoms with E-state index in [1.807, 2.05) is 61.5 Å². The maximum absolute atomic E-state index is 12.4. The summed E-state index contributed by atoms with van der Waals surface area (Å²) in [7, 11) is 1.64. The van der Waals surface area contributed by atoms with E-state index in [0.717, 1.165) is 34.1 Å². The third-order valence-electron chi connectivity index (χ3n) is 4.04. The Hall–Kier alpha value is -3.54. The minimum absolute atomic E-state index is 0.129. The number of methoxy groups -OCH3 is 1. The van der Waals surface area contributed by atoms with Crippen molar-refractivity contribution in [1.29, 1.82) is 0 Å². The number of nitrogens with zero attached hydrogens (tertiary/aromatic N) is 1. The number of amides is 1. The molecule has 0 atom stereocenters. The normalized spacial score (nSPS) is 10.1. The number of pyridine rings is 1. The number of aromatic nitrogens is 1. The summed E-state index contributed by atoms with van der Waals surface area (Å²) in [5, 5.41) is 9.41. The van der Waals surface area contributed by atoms with Crippen molar-refractivity contribution >= 4 is 28.7 Å².